The van der Waals surface area contributed by atoms with Crippen LogP contribution in [0.4, 0.5) is 0 Å². The van der Waals surface area contributed by atoms with E-state index in [2.05, 4.69) is 5.43 Å². The van der Waals surface area contributed by atoms with E-state index >= 15 is 0 Å². The Morgan fingerprint density at radius 2 is 2.00 bits per heavy atom. The van der Waals surface area contributed by atoms with Gasteiger partial charge in [-0.1, -0.05) is 6.07 Å². The van der Waals surface area contributed by atoms with Crippen LogP contribution in [0, 0.1) is 0 Å². The number of ether oxygens (including phenoxy) is 3. The minimum Gasteiger partial charge on any atom is -0.486 e. The van der Waals surface area contributed by atoms with Crippen LogP contribution >= 0.6 is 0 Å². The van der Waals surface area contributed by atoms with Gasteiger partial charge in [-0.3, -0.25) is 11.3 Å². The molecule has 5 nitrogen and oxygen atoms in total. The summed E-state index contributed by atoms with van der Waals surface area (Å²) in [5, 5.41) is 0. The van der Waals surface area contributed by atoms with Crippen LogP contribution < -0.4 is 20.7 Å². The molecule has 0 aliphatic carbocycles. The predicted octanol–water partition coefficient (Wildman–Crippen LogP) is 1.92. The van der Waals surface area contributed by atoms with E-state index in [1.165, 1.54) is 12.8 Å². The van der Waals surface area contributed by atoms with Gasteiger partial charge in [0.25, 0.3) is 0 Å². The molecular weight excluding hydrogens is 256 g/mol. The van der Waals surface area contributed by atoms with Crippen LogP contribution in [0.25, 0.3) is 0 Å². The quantitative estimate of drug-likeness (QED) is 0.650. The van der Waals surface area contributed by atoms with Gasteiger partial charge in [0.15, 0.2) is 11.5 Å². The van der Waals surface area contributed by atoms with Crippen LogP contribution in [-0.2, 0) is 4.74 Å². The monoisotopic (exact) mass is 278 g/mol. The molecule has 1 aromatic carbocycles. The van der Waals surface area contributed by atoms with Gasteiger partial charge in [-0.25, -0.2) is 0 Å². The van der Waals surface area contributed by atoms with E-state index in [0.29, 0.717) is 13.2 Å². The molecular formula is C15H22N2O3. The fourth-order valence-corrected chi connectivity index (χ4v) is 2.83. The molecule has 2 aliphatic rings. The van der Waals surface area contributed by atoms with Gasteiger partial charge in [-0.2, -0.15) is 0 Å². The molecule has 0 spiro atoms. The maximum Gasteiger partial charge on any atom is 0.161 e. The maximum atomic E-state index is 5.79. The molecule has 0 saturated carbocycles. The standard InChI is InChI=1S/C15H22N2O3/c16-17-13(10-12-3-1-2-6-18-12)11-4-5-14-15(9-11)20-8-7-19-14/h4-5,9,12-13,17H,1-3,6-8,10,16H2. The second kappa shape index (κ2) is 6.43. The zero-order valence-corrected chi connectivity index (χ0v) is 11.6. The van der Waals surface area contributed by atoms with Crippen molar-refractivity contribution in [1.82, 2.24) is 5.43 Å². The number of fused-ring (bicyclic) bond motifs is 1. The molecule has 5 heteroatoms. The Labute approximate surface area is 119 Å². The molecule has 1 aromatic rings. The van der Waals surface area contributed by atoms with E-state index in [-0.39, 0.29) is 12.1 Å². The van der Waals surface area contributed by atoms with Crippen molar-refractivity contribution < 1.29 is 14.2 Å². The lowest BCUT2D eigenvalue weighted by molar-refractivity contribution is 0.00500. The maximum absolute atomic E-state index is 5.79. The summed E-state index contributed by atoms with van der Waals surface area (Å²) in [7, 11) is 0. The van der Waals surface area contributed by atoms with Crippen molar-refractivity contribution in [2.24, 2.45) is 5.84 Å². The number of benzene rings is 1. The minimum atomic E-state index is 0.0777. The van der Waals surface area contributed by atoms with E-state index in [0.717, 1.165) is 36.5 Å². The van der Waals surface area contributed by atoms with Gasteiger partial charge < -0.3 is 14.2 Å². The summed E-state index contributed by atoms with van der Waals surface area (Å²) in [5.41, 5.74) is 4.01. The first-order chi connectivity index (χ1) is 9.86. The smallest absolute Gasteiger partial charge is 0.161 e. The number of hydrogen-bond donors (Lipinski definition) is 2. The van der Waals surface area contributed by atoms with Crippen LogP contribution in [0.1, 0.15) is 37.3 Å². The number of nitrogens with one attached hydrogen (secondary N) is 1. The highest BCUT2D eigenvalue weighted by atomic mass is 16.6. The van der Waals surface area contributed by atoms with Crippen molar-refractivity contribution in [3.05, 3.63) is 23.8 Å². The van der Waals surface area contributed by atoms with Gasteiger partial charge in [-0.15, -0.1) is 0 Å². The molecule has 0 bridgehead atoms. The number of hydrogen-bond acceptors (Lipinski definition) is 5. The first-order valence-electron chi connectivity index (χ1n) is 7.34. The third-order valence-electron chi connectivity index (χ3n) is 3.94. The summed E-state index contributed by atoms with van der Waals surface area (Å²) in [6, 6.07) is 6.09. The highest BCUT2D eigenvalue weighted by Gasteiger charge is 2.22. The molecule has 3 rings (SSSR count). The van der Waals surface area contributed by atoms with E-state index in [9.17, 15) is 0 Å². The molecule has 0 amide bonds. The van der Waals surface area contributed by atoms with Crippen LogP contribution in [0.5, 0.6) is 11.5 Å². The fourth-order valence-electron chi connectivity index (χ4n) is 2.83. The summed E-state index contributed by atoms with van der Waals surface area (Å²) in [6.45, 7) is 2.08. The molecule has 2 aliphatic heterocycles. The summed E-state index contributed by atoms with van der Waals surface area (Å²) >= 11 is 0. The van der Waals surface area contributed by atoms with Gasteiger partial charge in [0.2, 0.25) is 0 Å². The Bertz CT molecular complexity index is 447. The zero-order chi connectivity index (χ0) is 13.8. The third kappa shape index (κ3) is 3.06. The van der Waals surface area contributed by atoms with Crippen molar-refractivity contribution in [2.75, 3.05) is 19.8 Å². The highest BCUT2D eigenvalue weighted by molar-refractivity contribution is 5.44. The lowest BCUT2D eigenvalue weighted by Crippen LogP contribution is -2.33. The minimum absolute atomic E-state index is 0.0777. The zero-order valence-electron chi connectivity index (χ0n) is 11.6. The van der Waals surface area contributed by atoms with Crippen LogP contribution in [0.3, 0.4) is 0 Å². The predicted molar refractivity (Wildman–Crippen MR) is 75.7 cm³/mol. The Morgan fingerprint density at radius 3 is 2.75 bits per heavy atom. The summed E-state index contributed by atoms with van der Waals surface area (Å²) < 4.78 is 17.0. The van der Waals surface area contributed by atoms with Gasteiger partial charge in [0.05, 0.1) is 6.10 Å². The molecule has 3 N–H and O–H groups in total. The van der Waals surface area contributed by atoms with E-state index in [1.807, 2.05) is 18.2 Å². The van der Waals surface area contributed by atoms with Crippen molar-refractivity contribution in [3.63, 3.8) is 0 Å². The Hall–Kier alpha value is -1.30. The van der Waals surface area contributed by atoms with Crippen LogP contribution in [0.15, 0.2) is 18.2 Å². The molecule has 20 heavy (non-hydrogen) atoms. The molecule has 2 heterocycles. The summed E-state index contributed by atoms with van der Waals surface area (Å²) in [6.07, 6.45) is 4.70. The number of rotatable bonds is 4. The third-order valence-corrected chi connectivity index (χ3v) is 3.94. The van der Waals surface area contributed by atoms with Gasteiger partial charge >= 0.3 is 0 Å². The molecule has 0 radical (unpaired) electrons. The molecule has 0 aromatic heterocycles. The van der Waals surface area contributed by atoms with E-state index in [4.69, 9.17) is 20.1 Å². The average molecular weight is 278 g/mol. The van der Waals surface area contributed by atoms with Crippen LogP contribution in [0.2, 0.25) is 0 Å². The van der Waals surface area contributed by atoms with Crippen molar-refractivity contribution >= 4 is 0 Å². The summed E-state index contributed by atoms with van der Waals surface area (Å²) in [5.74, 6) is 7.33. The average Bonchev–Trinajstić information content (AvgIpc) is 2.53. The number of nitrogens with two attached hydrogens (primary N) is 1. The van der Waals surface area contributed by atoms with Crippen molar-refractivity contribution in [3.8, 4) is 11.5 Å². The lowest BCUT2D eigenvalue weighted by Gasteiger charge is -2.27. The Balaban J connectivity index is 1.71. The van der Waals surface area contributed by atoms with Gasteiger partial charge in [0, 0.05) is 12.6 Å². The van der Waals surface area contributed by atoms with Gasteiger partial charge in [0.1, 0.15) is 13.2 Å². The number of hydrazine groups is 1. The second-order valence-electron chi connectivity index (χ2n) is 5.35. The SMILES string of the molecule is NNC(CC1CCCCO1)c1ccc2c(c1)OCCO2. The van der Waals surface area contributed by atoms with E-state index in [1.54, 1.807) is 0 Å². The second-order valence-corrected chi connectivity index (χ2v) is 5.35. The first-order valence-corrected chi connectivity index (χ1v) is 7.34. The van der Waals surface area contributed by atoms with Crippen molar-refractivity contribution in [1.29, 1.82) is 0 Å². The largest absolute Gasteiger partial charge is 0.486 e. The van der Waals surface area contributed by atoms with E-state index < -0.39 is 0 Å². The highest BCUT2D eigenvalue weighted by Crippen LogP contribution is 2.34. The summed E-state index contributed by atoms with van der Waals surface area (Å²) in [4.78, 5) is 0. The normalized spacial score (nSPS) is 23.4. The molecule has 110 valence electrons. The molecule has 2 atom stereocenters. The molecule has 1 fully saturated rings. The van der Waals surface area contributed by atoms with Crippen LogP contribution in [-0.4, -0.2) is 25.9 Å². The topological polar surface area (TPSA) is 65.7 Å². The van der Waals surface area contributed by atoms with Crippen molar-refractivity contribution in [2.45, 2.75) is 37.8 Å². The molecule has 2 unspecified atom stereocenters. The lowest BCUT2D eigenvalue weighted by atomic mass is 9.97. The first kappa shape index (κ1) is 13.7. The Kier molecular flexibility index (Phi) is 4.40. The molecule has 1 saturated heterocycles. The van der Waals surface area contributed by atoms with Gasteiger partial charge in [-0.05, 0) is 43.4 Å². The Morgan fingerprint density at radius 1 is 1.15 bits per heavy atom. The fraction of sp³-hybridized carbons (Fsp3) is 0.600.